The van der Waals surface area contributed by atoms with Crippen LogP contribution in [0.5, 0.6) is 0 Å². The zero-order valence-electron chi connectivity index (χ0n) is 10.0. The Bertz CT molecular complexity index is 490. The van der Waals surface area contributed by atoms with Gasteiger partial charge in [0.15, 0.2) is 0 Å². The van der Waals surface area contributed by atoms with E-state index in [-0.39, 0.29) is 11.9 Å². The summed E-state index contributed by atoms with van der Waals surface area (Å²) in [5.74, 6) is 0.124. The summed E-state index contributed by atoms with van der Waals surface area (Å²) >= 11 is 0. The molecule has 2 rings (SSSR count). The van der Waals surface area contributed by atoms with Crippen molar-refractivity contribution in [2.75, 3.05) is 19.0 Å². The zero-order valence-corrected chi connectivity index (χ0v) is 10.0. The number of fused-ring (bicyclic) bond motifs is 1. The summed E-state index contributed by atoms with van der Waals surface area (Å²) in [4.78, 5) is 13.2. The van der Waals surface area contributed by atoms with Crippen molar-refractivity contribution >= 4 is 11.6 Å². The largest absolute Gasteiger partial charge is 0.315 e. The van der Waals surface area contributed by atoms with Crippen LogP contribution in [0.15, 0.2) is 18.2 Å². The molecule has 1 aliphatic heterocycles. The monoisotopic (exact) mass is 229 g/mol. The lowest BCUT2D eigenvalue weighted by atomic mass is 10.0. The molecule has 1 heterocycles. The summed E-state index contributed by atoms with van der Waals surface area (Å²) in [5, 5.41) is 11.9. The lowest BCUT2D eigenvalue weighted by Crippen LogP contribution is -2.20. The quantitative estimate of drug-likeness (QED) is 0.852. The summed E-state index contributed by atoms with van der Waals surface area (Å²) in [7, 11) is 3.63. The number of rotatable bonds is 3. The van der Waals surface area contributed by atoms with E-state index in [0.717, 1.165) is 16.8 Å². The number of carbonyl (C=O) groups excluding carboxylic acids is 1. The van der Waals surface area contributed by atoms with Crippen LogP contribution < -0.4 is 10.2 Å². The van der Waals surface area contributed by atoms with Gasteiger partial charge in [-0.15, -0.1) is 0 Å². The molecule has 1 aliphatic rings. The van der Waals surface area contributed by atoms with Crippen LogP contribution in [0.4, 0.5) is 5.69 Å². The average Bonchev–Trinajstić information content (AvgIpc) is 2.61. The maximum absolute atomic E-state index is 11.6. The minimum atomic E-state index is 0.0336. The van der Waals surface area contributed by atoms with E-state index in [0.29, 0.717) is 12.8 Å². The molecule has 0 saturated heterocycles. The van der Waals surface area contributed by atoms with Crippen LogP contribution in [-0.4, -0.2) is 20.0 Å². The van der Waals surface area contributed by atoms with Crippen LogP contribution in [0.3, 0.4) is 0 Å². The van der Waals surface area contributed by atoms with Crippen molar-refractivity contribution in [3.63, 3.8) is 0 Å². The van der Waals surface area contributed by atoms with E-state index in [9.17, 15) is 4.79 Å². The van der Waals surface area contributed by atoms with Crippen LogP contribution in [0.2, 0.25) is 0 Å². The predicted octanol–water partition coefficient (Wildman–Crippen LogP) is 1.38. The molecule has 0 fully saturated rings. The number of benzene rings is 1. The smallest absolute Gasteiger partial charge is 0.231 e. The minimum absolute atomic E-state index is 0.0336. The van der Waals surface area contributed by atoms with Gasteiger partial charge in [-0.25, -0.2) is 0 Å². The highest BCUT2D eigenvalue weighted by Crippen LogP contribution is 2.30. The van der Waals surface area contributed by atoms with Crippen molar-refractivity contribution in [3.8, 4) is 6.07 Å². The Morgan fingerprint density at radius 3 is 3.00 bits per heavy atom. The summed E-state index contributed by atoms with van der Waals surface area (Å²) in [5.41, 5.74) is 3.09. The Kier molecular flexibility index (Phi) is 3.12. The van der Waals surface area contributed by atoms with Crippen molar-refractivity contribution in [2.24, 2.45) is 0 Å². The van der Waals surface area contributed by atoms with Gasteiger partial charge < -0.3 is 10.2 Å². The molecular weight excluding hydrogens is 214 g/mol. The molecule has 0 radical (unpaired) electrons. The van der Waals surface area contributed by atoms with Crippen LogP contribution in [0.1, 0.15) is 23.6 Å². The van der Waals surface area contributed by atoms with Gasteiger partial charge in [-0.2, -0.15) is 5.26 Å². The van der Waals surface area contributed by atoms with Gasteiger partial charge in [-0.3, -0.25) is 4.79 Å². The fourth-order valence-corrected chi connectivity index (χ4v) is 2.18. The van der Waals surface area contributed by atoms with Crippen molar-refractivity contribution < 1.29 is 4.79 Å². The van der Waals surface area contributed by atoms with Crippen LogP contribution in [0.25, 0.3) is 0 Å². The van der Waals surface area contributed by atoms with Gasteiger partial charge in [0, 0.05) is 18.8 Å². The fraction of sp³-hybridized carbons (Fsp3) is 0.385. The lowest BCUT2D eigenvalue weighted by molar-refractivity contribution is -0.117. The third kappa shape index (κ3) is 2.02. The number of amides is 1. The van der Waals surface area contributed by atoms with Crippen LogP contribution in [0, 0.1) is 11.3 Å². The summed E-state index contributed by atoms with van der Waals surface area (Å²) in [6.07, 6.45) is 0.891. The first-order valence-corrected chi connectivity index (χ1v) is 5.61. The third-order valence-corrected chi connectivity index (χ3v) is 3.23. The Morgan fingerprint density at radius 1 is 1.59 bits per heavy atom. The van der Waals surface area contributed by atoms with Gasteiger partial charge in [0.25, 0.3) is 0 Å². The first kappa shape index (κ1) is 11.6. The van der Waals surface area contributed by atoms with Gasteiger partial charge in [0.05, 0.1) is 18.9 Å². The highest BCUT2D eigenvalue weighted by atomic mass is 16.2. The first-order chi connectivity index (χ1) is 8.17. The molecule has 1 aromatic rings. The molecule has 0 spiro atoms. The molecule has 0 aromatic heterocycles. The molecule has 1 amide bonds. The maximum atomic E-state index is 11.6. The second-order valence-electron chi connectivity index (χ2n) is 4.22. The lowest BCUT2D eigenvalue weighted by Gasteiger charge is -2.15. The Labute approximate surface area is 101 Å². The van der Waals surface area contributed by atoms with Crippen molar-refractivity contribution in [3.05, 3.63) is 29.3 Å². The summed E-state index contributed by atoms with van der Waals surface area (Å²) < 4.78 is 0. The topological polar surface area (TPSA) is 56.1 Å². The SMILES string of the molecule is CNC(CC#N)c1ccc2c(c1)CC(=O)N2C. The minimum Gasteiger partial charge on any atom is -0.315 e. The number of carbonyl (C=O) groups is 1. The van der Waals surface area contributed by atoms with Crippen molar-refractivity contribution in [1.29, 1.82) is 5.26 Å². The Morgan fingerprint density at radius 2 is 2.35 bits per heavy atom. The molecule has 0 bridgehead atoms. The highest BCUT2D eigenvalue weighted by Gasteiger charge is 2.24. The van der Waals surface area contributed by atoms with E-state index in [1.807, 2.05) is 25.2 Å². The van der Waals surface area contributed by atoms with E-state index < -0.39 is 0 Å². The summed E-state index contributed by atoms with van der Waals surface area (Å²) in [6, 6.07) is 8.15. The molecule has 0 saturated carbocycles. The zero-order chi connectivity index (χ0) is 12.4. The number of hydrogen-bond acceptors (Lipinski definition) is 3. The molecule has 17 heavy (non-hydrogen) atoms. The van der Waals surface area contributed by atoms with E-state index in [1.54, 1.807) is 11.9 Å². The van der Waals surface area contributed by atoms with E-state index in [1.165, 1.54) is 0 Å². The molecule has 1 N–H and O–H groups in total. The van der Waals surface area contributed by atoms with E-state index >= 15 is 0 Å². The number of anilines is 1. The maximum Gasteiger partial charge on any atom is 0.231 e. The van der Waals surface area contributed by atoms with E-state index in [4.69, 9.17) is 5.26 Å². The Balaban J connectivity index is 2.33. The standard InChI is InChI=1S/C13H15N3O/c1-15-11(5-6-14)9-3-4-12-10(7-9)8-13(17)16(12)2/h3-4,7,11,15H,5,8H2,1-2H3. The van der Waals surface area contributed by atoms with Gasteiger partial charge in [-0.1, -0.05) is 12.1 Å². The van der Waals surface area contributed by atoms with Gasteiger partial charge >= 0.3 is 0 Å². The molecule has 1 unspecified atom stereocenters. The second kappa shape index (κ2) is 4.56. The van der Waals surface area contributed by atoms with Crippen LogP contribution >= 0.6 is 0 Å². The van der Waals surface area contributed by atoms with Crippen molar-refractivity contribution in [1.82, 2.24) is 5.32 Å². The number of likely N-dealkylation sites (N-methyl/N-ethyl adjacent to an activating group) is 1. The molecule has 88 valence electrons. The fourth-order valence-electron chi connectivity index (χ4n) is 2.18. The molecule has 4 heteroatoms. The molecule has 1 aromatic carbocycles. The van der Waals surface area contributed by atoms with E-state index in [2.05, 4.69) is 11.4 Å². The second-order valence-corrected chi connectivity index (χ2v) is 4.22. The van der Waals surface area contributed by atoms with Crippen molar-refractivity contribution in [2.45, 2.75) is 18.9 Å². The van der Waals surface area contributed by atoms with Gasteiger partial charge in [0.2, 0.25) is 5.91 Å². The summed E-state index contributed by atoms with van der Waals surface area (Å²) in [6.45, 7) is 0. The number of hydrogen-bond donors (Lipinski definition) is 1. The third-order valence-electron chi connectivity index (χ3n) is 3.23. The van der Waals surface area contributed by atoms with Crippen LogP contribution in [-0.2, 0) is 11.2 Å². The molecular formula is C13H15N3O. The normalized spacial score (nSPS) is 15.6. The van der Waals surface area contributed by atoms with Gasteiger partial charge in [0.1, 0.15) is 0 Å². The highest BCUT2D eigenvalue weighted by molar-refractivity contribution is 6.00. The molecule has 4 nitrogen and oxygen atoms in total. The molecule has 1 atom stereocenters. The Hall–Kier alpha value is -1.86. The number of nitrogens with one attached hydrogen (secondary N) is 1. The van der Waals surface area contributed by atoms with Gasteiger partial charge in [-0.05, 0) is 24.2 Å². The average molecular weight is 229 g/mol. The number of nitrogens with zero attached hydrogens (tertiary/aromatic N) is 2. The predicted molar refractivity (Wildman–Crippen MR) is 65.6 cm³/mol. The molecule has 0 aliphatic carbocycles. The number of nitriles is 1. The first-order valence-electron chi connectivity index (χ1n) is 5.61.